The summed E-state index contributed by atoms with van der Waals surface area (Å²) in [7, 11) is 0. The predicted molar refractivity (Wildman–Crippen MR) is 143 cm³/mol. The Kier molecular flexibility index (Phi) is 6.89. The summed E-state index contributed by atoms with van der Waals surface area (Å²) < 4.78 is 13.8. The number of para-hydroxylation sites is 1. The second kappa shape index (κ2) is 10.6. The van der Waals surface area contributed by atoms with Gasteiger partial charge in [-0.2, -0.15) is 10.1 Å². The quantitative estimate of drug-likeness (QED) is 0.336. The lowest BCUT2D eigenvalue weighted by atomic mass is 9.94. The molecule has 1 aliphatic rings. The smallest absolute Gasteiger partial charge is 0.255 e. The molecule has 0 unspecified atom stereocenters. The average Bonchev–Trinajstić information content (AvgIpc) is 3.37. The molecule has 8 heteroatoms. The zero-order chi connectivity index (χ0) is 25.8. The van der Waals surface area contributed by atoms with Gasteiger partial charge in [0.2, 0.25) is 5.95 Å². The van der Waals surface area contributed by atoms with E-state index in [-0.39, 0.29) is 5.91 Å². The third-order valence-corrected chi connectivity index (χ3v) is 6.17. The average molecular weight is 496 g/mol. The third-order valence-electron chi connectivity index (χ3n) is 6.17. The summed E-state index contributed by atoms with van der Waals surface area (Å²) >= 11 is 0. The summed E-state index contributed by atoms with van der Waals surface area (Å²) in [5.74, 6) is 1.58. The molecule has 2 heterocycles. The van der Waals surface area contributed by atoms with Crippen LogP contribution in [0.2, 0.25) is 0 Å². The summed E-state index contributed by atoms with van der Waals surface area (Å²) in [4.78, 5) is 17.9. The maximum Gasteiger partial charge on any atom is 0.255 e. The number of rotatable bonds is 8. The molecular weight excluding hydrogens is 466 g/mol. The van der Waals surface area contributed by atoms with E-state index in [9.17, 15) is 4.79 Å². The summed E-state index contributed by atoms with van der Waals surface area (Å²) in [6, 6.07) is 22.8. The van der Waals surface area contributed by atoms with Gasteiger partial charge < -0.3 is 20.1 Å². The molecule has 0 bridgehead atoms. The van der Waals surface area contributed by atoms with Crippen molar-refractivity contribution in [1.29, 1.82) is 0 Å². The summed E-state index contributed by atoms with van der Waals surface area (Å²) in [5, 5.41) is 10.6. The Morgan fingerprint density at radius 2 is 1.78 bits per heavy atom. The highest BCUT2D eigenvalue weighted by Gasteiger charge is 2.34. The van der Waals surface area contributed by atoms with Crippen LogP contribution in [-0.4, -0.2) is 27.3 Å². The molecule has 1 atom stereocenters. The minimum atomic E-state index is -0.507. The first-order chi connectivity index (χ1) is 18.0. The van der Waals surface area contributed by atoms with Crippen LogP contribution in [0.25, 0.3) is 0 Å². The van der Waals surface area contributed by atoms with E-state index in [2.05, 4.69) is 51.9 Å². The van der Waals surface area contributed by atoms with Gasteiger partial charge in [0.15, 0.2) is 11.5 Å². The van der Waals surface area contributed by atoms with Crippen LogP contribution in [0.1, 0.15) is 36.6 Å². The van der Waals surface area contributed by atoms with Gasteiger partial charge in [0.1, 0.15) is 19.0 Å². The van der Waals surface area contributed by atoms with E-state index in [0.717, 1.165) is 11.1 Å². The summed E-state index contributed by atoms with van der Waals surface area (Å²) in [6.07, 6.45) is 1.48. The topological polar surface area (TPSA) is 90.3 Å². The molecule has 4 aromatic rings. The van der Waals surface area contributed by atoms with Crippen LogP contribution in [0.3, 0.4) is 0 Å². The molecule has 8 nitrogen and oxygen atoms in total. The van der Waals surface area contributed by atoms with E-state index in [1.807, 2.05) is 62.4 Å². The molecule has 1 amide bonds. The highest BCUT2D eigenvalue weighted by atomic mass is 16.5. The van der Waals surface area contributed by atoms with E-state index in [1.54, 1.807) is 4.68 Å². The van der Waals surface area contributed by atoms with Crippen LogP contribution >= 0.6 is 0 Å². The Balaban J connectivity index is 1.48. The van der Waals surface area contributed by atoms with E-state index in [0.29, 0.717) is 47.6 Å². The van der Waals surface area contributed by atoms with Gasteiger partial charge in [-0.05, 0) is 56.2 Å². The highest BCUT2D eigenvalue weighted by molar-refractivity contribution is 6.06. The Labute approximate surface area is 216 Å². The first-order valence-corrected chi connectivity index (χ1v) is 12.2. The van der Waals surface area contributed by atoms with Crippen molar-refractivity contribution in [3.63, 3.8) is 0 Å². The predicted octanol–water partition coefficient (Wildman–Crippen LogP) is 5.49. The van der Waals surface area contributed by atoms with Crippen LogP contribution in [0.5, 0.6) is 11.5 Å². The Morgan fingerprint density at radius 1 is 1.00 bits per heavy atom. The van der Waals surface area contributed by atoms with Crippen LogP contribution in [-0.2, 0) is 11.4 Å². The second-order valence-electron chi connectivity index (χ2n) is 8.83. The molecule has 3 aromatic carbocycles. The summed E-state index contributed by atoms with van der Waals surface area (Å²) in [6.45, 7) is 6.75. The zero-order valence-corrected chi connectivity index (χ0v) is 21.1. The second-order valence-corrected chi connectivity index (χ2v) is 8.83. The minimum absolute atomic E-state index is 0.222. The molecule has 0 radical (unpaired) electrons. The van der Waals surface area contributed by atoms with E-state index >= 15 is 0 Å². The number of anilines is 2. The molecular formula is C29H29N5O3. The Hall–Kier alpha value is -4.59. The number of allylic oxidation sites excluding steroid dienone is 1. The minimum Gasteiger partial charge on any atom is -0.490 e. The molecule has 188 valence electrons. The van der Waals surface area contributed by atoms with Crippen LogP contribution < -0.4 is 20.1 Å². The fraction of sp³-hybridized carbons (Fsp3) is 0.207. The van der Waals surface area contributed by atoms with Crippen molar-refractivity contribution in [1.82, 2.24) is 14.8 Å². The number of hydrogen-bond acceptors (Lipinski definition) is 6. The number of aryl methyl sites for hydroxylation is 1. The molecule has 1 aliphatic heterocycles. The van der Waals surface area contributed by atoms with Crippen LogP contribution in [0.15, 0.2) is 90.4 Å². The van der Waals surface area contributed by atoms with Gasteiger partial charge >= 0.3 is 0 Å². The molecule has 5 rings (SSSR count). The van der Waals surface area contributed by atoms with Gasteiger partial charge in [-0.15, -0.1) is 0 Å². The normalized spacial score (nSPS) is 14.5. The van der Waals surface area contributed by atoms with Crippen LogP contribution in [0, 0.1) is 6.92 Å². The molecule has 0 fully saturated rings. The molecule has 0 spiro atoms. The highest BCUT2D eigenvalue weighted by Crippen LogP contribution is 2.39. The van der Waals surface area contributed by atoms with Crippen molar-refractivity contribution in [2.45, 2.75) is 33.4 Å². The van der Waals surface area contributed by atoms with Gasteiger partial charge in [0, 0.05) is 11.4 Å². The van der Waals surface area contributed by atoms with Crippen molar-refractivity contribution < 1.29 is 14.3 Å². The number of carbonyl (C=O) groups excluding carboxylic acids is 1. The maximum atomic E-state index is 13.5. The standard InChI is InChI=1S/C29H29N5O3/c1-4-36-25-16-22(14-15-24(25)37-17-21-12-10-19(2)11-13-21)27-26(20(3)32-29-30-18-31-34(27)29)28(35)33-23-8-6-5-7-9-23/h5-16,18,27H,4,17H2,1-3H3,(H,33,35)(H,30,31,32)/t27-/m0/s1. The molecule has 0 aliphatic carbocycles. The van der Waals surface area contributed by atoms with Gasteiger partial charge in [-0.25, -0.2) is 4.68 Å². The number of benzene rings is 3. The van der Waals surface area contributed by atoms with Crippen molar-refractivity contribution in [2.75, 3.05) is 17.2 Å². The van der Waals surface area contributed by atoms with E-state index < -0.39 is 6.04 Å². The third kappa shape index (κ3) is 5.18. The Bertz CT molecular complexity index is 1430. The Morgan fingerprint density at radius 3 is 2.54 bits per heavy atom. The molecule has 1 aromatic heterocycles. The van der Waals surface area contributed by atoms with Gasteiger partial charge in [-0.1, -0.05) is 54.1 Å². The van der Waals surface area contributed by atoms with Crippen molar-refractivity contribution in [3.05, 3.63) is 107 Å². The van der Waals surface area contributed by atoms with Crippen LogP contribution in [0.4, 0.5) is 11.6 Å². The molecule has 0 saturated carbocycles. The number of aromatic nitrogens is 3. The number of carbonyl (C=O) groups is 1. The number of amides is 1. The molecule has 0 saturated heterocycles. The van der Waals surface area contributed by atoms with Crippen molar-refractivity contribution in [2.24, 2.45) is 0 Å². The SMILES string of the molecule is CCOc1cc([C@H]2C(C(=O)Nc3ccccc3)=C(C)Nc3ncnn32)ccc1OCc1ccc(C)cc1. The first kappa shape index (κ1) is 24.1. The van der Waals surface area contributed by atoms with Crippen molar-refractivity contribution in [3.8, 4) is 11.5 Å². The fourth-order valence-electron chi connectivity index (χ4n) is 4.34. The molecule has 37 heavy (non-hydrogen) atoms. The number of nitrogens with zero attached hydrogens (tertiary/aromatic N) is 3. The summed E-state index contributed by atoms with van der Waals surface area (Å²) in [5.41, 5.74) is 5.06. The zero-order valence-electron chi connectivity index (χ0n) is 21.1. The molecule has 2 N–H and O–H groups in total. The maximum absolute atomic E-state index is 13.5. The number of hydrogen-bond donors (Lipinski definition) is 2. The lowest BCUT2D eigenvalue weighted by Crippen LogP contribution is -2.31. The van der Waals surface area contributed by atoms with Gasteiger partial charge in [0.05, 0.1) is 12.2 Å². The van der Waals surface area contributed by atoms with Gasteiger partial charge in [0.25, 0.3) is 5.91 Å². The monoisotopic (exact) mass is 495 g/mol. The number of nitrogens with one attached hydrogen (secondary N) is 2. The lowest BCUT2D eigenvalue weighted by Gasteiger charge is -2.29. The van der Waals surface area contributed by atoms with E-state index in [4.69, 9.17) is 9.47 Å². The van der Waals surface area contributed by atoms with Gasteiger partial charge in [-0.3, -0.25) is 4.79 Å². The number of ether oxygens (including phenoxy) is 2. The number of fused-ring (bicyclic) bond motifs is 1. The van der Waals surface area contributed by atoms with E-state index in [1.165, 1.54) is 11.9 Å². The first-order valence-electron chi connectivity index (χ1n) is 12.2. The lowest BCUT2D eigenvalue weighted by molar-refractivity contribution is -0.113. The largest absolute Gasteiger partial charge is 0.490 e. The fourth-order valence-corrected chi connectivity index (χ4v) is 4.34. The van der Waals surface area contributed by atoms with Crippen molar-refractivity contribution >= 4 is 17.5 Å².